The predicted octanol–water partition coefficient (Wildman–Crippen LogP) is 4.17. The van der Waals surface area contributed by atoms with E-state index >= 15 is 0 Å². The molecule has 0 radical (unpaired) electrons. The van der Waals surface area contributed by atoms with Crippen LogP contribution in [0.3, 0.4) is 0 Å². The molecule has 2 saturated carbocycles. The molecular weight excluding hydrogens is 202 g/mol. The third-order valence-corrected chi connectivity index (χ3v) is 5.77. The average molecular weight is 219 g/mol. The van der Waals surface area contributed by atoms with E-state index in [0.29, 0.717) is 16.6 Å². The van der Waals surface area contributed by atoms with Crippen molar-refractivity contribution >= 4 is 28.5 Å². The number of hydrogen-bond donors (Lipinski definition) is 0. The van der Waals surface area contributed by atoms with Gasteiger partial charge in [0.15, 0.2) is 0 Å². The van der Waals surface area contributed by atoms with Gasteiger partial charge in [0.1, 0.15) is 0 Å². The highest BCUT2D eigenvalue weighted by atomic mass is 35.5. The van der Waals surface area contributed by atoms with Crippen LogP contribution >= 0.6 is 22.9 Å². The van der Waals surface area contributed by atoms with Crippen LogP contribution in [-0.4, -0.2) is 5.54 Å². The zero-order valence-electron chi connectivity index (χ0n) is 8.61. The maximum atomic E-state index is 6.06. The van der Waals surface area contributed by atoms with Crippen molar-refractivity contribution < 1.29 is 0 Å². The topological polar surface area (TPSA) is 0 Å². The van der Waals surface area contributed by atoms with Crippen molar-refractivity contribution in [2.24, 2.45) is 16.7 Å². The van der Waals surface area contributed by atoms with Gasteiger partial charge in [-0.1, -0.05) is 27.2 Å². The van der Waals surface area contributed by atoms with Gasteiger partial charge in [0, 0.05) is 0 Å². The standard InChI is InChI=1S/C10H17BCl2/c1-9(2)7-4-5-10(9,3)8(6-7)11(12)13/h7-8H,4-6H2,1-3H3. The van der Waals surface area contributed by atoms with E-state index in [9.17, 15) is 0 Å². The summed E-state index contributed by atoms with van der Waals surface area (Å²) in [6.07, 6.45) is 3.92. The monoisotopic (exact) mass is 218 g/mol. The van der Waals surface area contributed by atoms with Crippen molar-refractivity contribution in [3.05, 3.63) is 0 Å². The molecule has 2 bridgehead atoms. The van der Waals surface area contributed by atoms with Gasteiger partial charge in [-0.3, -0.25) is 0 Å². The van der Waals surface area contributed by atoms with Crippen molar-refractivity contribution in [1.82, 2.24) is 0 Å². The van der Waals surface area contributed by atoms with Crippen LogP contribution < -0.4 is 0 Å². The van der Waals surface area contributed by atoms with Crippen molar-refractivity contribution in [1.29, 1.82) is 0 Å². The van der Waals surface area contributed by atoms with Crippen molar-refractivity contribution in [3.8, 4) is 0 Å². The van der Waals surface area contributed by atoms with Crippen LogP contribution in [0, 0.1) is 16.7 Å². The van der Waals surface area contributed by atoms with Crippen LogP contribution in [0.2, 0.25) is 5.82 Å². The van der Waals surface area contributed by atoms with Crippen LogP contribution in [-0.2, 0) is 0 Å². The first-order valence-electron chi connectivity index (χ1n) is 5.18. The summed E-state index contributed by atoms with van der Waals surface area (Å²) >= 11 is 12.1. The van der Waals surface area contributed by atoms with Crippen LogP contribution in [0.15, 0.2) is 0 Å². The Morgan fingerprint density at radius 1 is 1.23 bits per heavy atom. The Morgan fingerprint density at radius 3 is 2.08 bits per heavy atom. The van der Waals surface area contributed by atoms with E-state index in [1.165, 1.54) is 19.3 Å². The number of halogens is 2. The molecule has 2 fully saturated rings. The molecule has 0 amide bonds. The SMILES string of the molecule is CC1(C)C2CCC1(C)C(B(Cl)Cl)C2. The van der Waals surface area contributed by atoms with E-state index < -0.39 is 0 Å². The Kier molecular flexibility index (Phi) is 2.21. The third-order valence-electron chi connectivity index (χ3n) is 5.17. The molecule has 0 aromatic rings. The molecule has 0 N–H and O–H groups in total. The lowest BCUT2D eigenvalue weighted by molar-refractivity contribution is 0.152. The molecule has 0 saturated heterocycles. The van der Waals surface area contributed by atoms with Crippen LogP contribution in [0.4, 0.5) is 0 Å². The van der Waals surface area contributed by atoms with E-state index in [-0.39, 0.29) is 5.54 Å². The lowest BCUT2D eigenvalue weighted by atomic mass is 9.59. The molecule has 3 heteroatoms. The van der Waals surface area contributed by atoms with Gasteiger partial charge in [0.2, 0.25) is 0 Å². The van der Waals surface area contributed by atoms with E-state index in [1.54, 1.807) is 0 Å². The summed E-state index contributed by atoms with van der Waals surface area (Å²) in [6, 6.07) is 0. The van der Waals surface area contributed by atoms with Gasteiger partial charge in [-0.15, -0.1) is 0 Å². The van der Waals surface area contributed by atoms with E-state index in [0.717, 1.165) is 5.92 Å². The summed E-state index contributed by atoms with van der Waals surface area (Å²) in [7, 11) is 0. The number of rotatable bonds is 1. The van der Waals surface area contributed by atoms with E-state index in [2.05, 4.69) is 20.8 Å². The zero-order chi connectivity index (χ0) is 9.85. The minimum absolute atomic E-state index is 0.172. The molecule has 2 rings (SSSR count). The van der Waals surface area contributed by atoms with Gasteiger partial charge in [-0.2, -0.15) is 22.9 Å². The summed E-state index contributed by atoms with van der Waals surface area (Å²) in [5.41, 5.74) is 0.653. The molecule has 3 atom stereocenters. The molecular formula is C10H17BCl2. The summed E-state index contributed by atoms with van der Waals surface area (Å²) < 4.78 is 0. The van der Waals surface area contributed by atoms with Gasteiger partial charge >= 0.3 is 5.54 Å². The average Bonchev–Trinajstić information content (AvgIpc) is 2.34. The molecule has 74 valence electrons. The number of hydrogen-bond acceptors (Lipinski definition) is 0. The highest BCUT2D eigenvalue weighted by Crippen LogP contribution is 2.71. The Hall–Kier alpha value is 0.645. The number of fused-ring (bicyclic) bond motifs is 2. The molecule has 0 nitrogen and oxygen atoms in total. The van der Waals surface area contributed by atoms with Crippen molar-refractivity contribution in [2.45, 2.75) is 45.9 Å². The Labute approximate surface area is 91.3 Å². The molecule has 0 aromatic heterocycles. The molecule has 3 unspecified atom stereocenters. The Bertz CT molecular complexity index is 227. The largest absolute Gasteiger partial charge is 0.355 e. The minimum Gasteiger partial charge on any atom is -0.171 e. The summed E-state index contributed by atoms with van der Waals surface area (Å²) in [6.45, 7) is 7.16. The van der Waals surface area contributed by atoms with Crippen LogP contribution in [0.1, 0.15) is 40.0 Å². The van der Waals surface area contributed by atoms with Crippen LogP contribution in [0.5, 0.6) is 0 Å². The fourth-order valence-electron chi connectivity index (χ4n) is 3.65. The fraction of sp³-hybridized carbons (Fsp3) is 1.00. The second kappa shape index (κ2) is 2.82. The molecule has 0 heterocycles. The molecule has 2 aliphatic carbocycles. The van der Waals surface area contributed by atoms with Gasteiger partial charge in [0.25, 0.3) is 0 Å². The lowest BCUT2D eigenvalue weighted by Gasteiger charge is -2.39. The molecule has 0 aliphatic heterocycles. The highest BCUT2D eigenvalue weighted by Gasteiger charge is 2.62. The van der Waals surface area contributed by atoms with Gasteiger partial charge < -0.3 is 0 Å². The molecule has 0 aromatic carbocycles. The maximum absolute atomic E-state index is 6.06. The third kappa shape index (κ3) is 1.13. The minimum atomic E-state index is -0.172. The van der Waals surface area contributed by atoms with Gasteiger partial charge in [0.05, 0.1) is 0 Å². The fourth-order valence-corrected chi connectivity index (χ4v) is 4.41. The Morgan fingerprint density at radius 2 is 1.85 bits per heavy atom. The first-order chi connectivity index (χ1) is 5.89. The normalized spacial score (nSPS) is 46.8. The van der Waals surface area contributed by atoms with Crippen molar-refractivity contribution in [3.63, 3.8) is 0 Å². The van der Waals surface area contributed by atoms with Gasteiger partial charge in [-0.05, 0) is 35.4 Å². The lowest BCUT2D eigenvalue weighted by Crippen LogP contribution is -2.33. The van der Waals surface area contributed by atoms with Crippen LogP contribution in [0.25, 0.3) is 0 Å². The summed E-state index contributed by atoms with van der Waals surface area (Å²) in [5.74, 6) is 1.37. The summed E-state index contributed by atoms with van der Waals surface area (Å²) in [4.78, 5) is 0. The Balaban J connectivity index is 2.33. The van der Waals surface area contributed by atoms with E-state index in [4.69, 9.17) is 22.9 Å². The second-order valence-electron chi connectivity index (χ2n) is 5.55. The summed E-state index contributed by atoms with van der Waals surface area (Å²) in [5, 5.41) is 0. The highest BCUT2D eigenvalue weighted by molar-refractivity contribution is 7.34. The zero-order valence-corrected chi connectivity index (χ0v) is 10.1. The maximum Gasteiger partial charge on any atom is 0.355 e. The smallest absolute Gasteiger partial charge is 0.171 e. The predicted molar refractivity (Wildman–Crippen MR) is 60.4 cm³/mol. The van der Waals surface area contributed by atoms with E-state index in [1.807, 2.05) is 0 Å². The van der Waals surface area contributed by atoms with Crippen molar-refractivity contribution in [2.75, 3.05) is 0 Å². The first kappa shape index (κ1) is 10.2. The molecule has 13 heavy (non-hydrogen) atoms. The first-order valence-corrected chi connectivity index (χ1v) is 6.05. The molecule has 0 spiro atoms. The molecule has 2 aliphatic rings. The second-order valence-corrected chi connectivity index (χ2v) is 6.72. The quantitative estimate of drug-likeness (QED) is 0.580. The van der Waals surface area contributed by atoms with Gasteiger partial charge in [-0.25, -0.2) is 0 Å².